The lowest BCUT2D eigenvalue weighted by molar-refractivity contribution is 0.241. The third kappa shape index (κ3) is 4.60. The molecule has 0 radical (unpaired) electrons. The lowest BCUT2D eigenvalue weighted by Crippen LogP contribution is -2.41. The zero-order valence-corrected chi connectivity index (χ0v) is 12.9. The largest absolute Gasteiger partial charge is 0.396 e. The normalized spacial score (nSPS) is 28.2. The van der Waals surface area contributed by atoms with Crippen LogP contribution in [0, 0.1) is 5.92 Å². The highest BCUT2D eigenvalue weighted by atomic mass is 16.2. The molecule has 112 valence electrons. The highest BCUT2D eigenvalue weighted by Gasteiger charge is 2.27. The fourth-order valence-corrected chi connectivity index (χ4v) is 3.62. The van der Waals surface area contributed by atoms with E-state index in [1.165, 1.54) is 24.8 Å². The lowest BCUT2D eigenvalue weighted by atomic mass is 9.76. The second kappa shape index (κ2) is 7.80. The number of hydrogen-bond donors (Lipinski definition) is 2. The molecule has 0 aliphatic heterocycles. The van der Waals surface area contributed by atoms with E-state index < -0.39 is 0 Å². The minimum atomic E-state index is 0.305. The SMILES string of the molecule is CC1CC(NC(C)CCCO)CC(c2ccccc2)C1. The molecule has 0 spiro atoms. The summed E-state index contributed by atoms with van der Waals surface area (Å²) in [5.74, 6) is 1.49. The van der Waals surface area contributed by atoms with Gasteiger partial charge in [0, 0.05) is 18.7 Å². The second-order valence-electron chi connectivity index (χ2n) is 6.55. The minimum Gasteiger partial charge on any atom is -0.396 e. The number of aliphatic hydroxyl groups excluding tert-OH is 1. The molecule has 0 saturated heterocycles. The highest BCUT2D eigenvalue weighted by molar-refractivity contribution is 5.20. The zero-order chi connectivity index (χ0) is 14.4. The van der Waals surface area contributed by atoms with Crippen molar-refractivity contribution in [3.63, 3.8) is 0 Å². The topological polar surface area (TPSA) is 32.3 Å². The first kappa shape index (κ1) is 15.5. The summed E-state index contributed by atoms with van der Waals surface area (Å²) in [6, 6.07) is 12.1. The summed E-state index contributed by atoms with van der Waals surface area (Å²) in [4.78, 5) is 0. The summed E-state index contributed by atoms with van der Waals surface area (Å²) in [6.07, 6.45) is 5.81. The Morgan fingerprint density at radius 1 is 1.20 bits per heavy atom. The van der Waals surface area contributed by atoms with Gasteiger partial charge < -0.3 is 10.4 Å². The average Bonchev–Trinajstić information content (AvgIpc) is 2.45. The van der Waals surface area contributed by atoms with Gasteiger partial charge in [-0.15, -0.1) is 0 Å². The van der Waals surface area contributed by atoms with Gasteiger partial charge in [0.1, 0.15) is 0 Å². The van der Waals surface area contributed by atoms with Crippen LogP contribution in [0.3, 0.4) is 0 Å². The summed E-state index contributed by atoms with van der Waals surface area (Å²) in [7, 11) is 0. The third-order valence-corrected chi connectivity index (χ3v) is 4.53. The van der Waals surface area contributed by atoms with Crippen LogP contribution in [0.2, 0.25) is 0 Å². The molecule has 1 saturated carbocycles. The molecule has 0 bridgehead atoms. The number of aliphatic hydroxyl groups is 1. The molecule has 2 rings (SSSR count). The molecule has 2 nitrogen and oxygen atoms in total. The fraction of sp³-hybridized carbons (Fsp3) is 0.667. The number of benzene rings is 1. The second-order valence-corrected chi connectivity index (χ2v) is 6.55. The quantitative estimate of drug-likeness (QED) is 0.829. The van der Waals surface area contributed by atoms with Crippen molar-refractivity contribution >= 4 is 0 Å². The van der Waals surface area contributed by atoms with Gasteiger partial charge in [-0.25, -0.2) is 0 Å². The first-order valence-electron chi connectivity index (χ1n) is 8.11. The predicted octanol–water partition coefficient (Wildman–Crippen LogP) is 3.71. The predicted molar refractivity (Wildman–Crippen MR) is 84.9 cm³/mol. The van der Waals surface area contributed by atoms with Crippen LogP contribution in [0.25, 0.3) is 0 Å². The van der Waals surface area contributed by atoms with Gasteiger partial charge >= 0.3 is 0 Å². The molecule has 4 unspecified atom stereocenters. The molecule has 1 aromatic carbocycles. The Balaban J connectivity index is 1.91. The van der Waals surface area contributed by atoms with Gasteiger partial charge in [0.05, 0.1) is 0 Å². The first-order chi connectivity index (χ1) is 9.69. The van der Waals surface area contributed by atoms with E-state index in [0.29, 0.717) is 24.6 Å². The van der Waals surface area contributed by atoms with Crippen molar-refractivity contribution in [3.8, 4) is 0 Å². The summed E-state index contributed by atoms with van der Waals surface area (Å²) >= 11 is 0. The third-order valence-electron chi connectivity index (χ3n) is 4.53. The van der Waals surface area contributed by atoms with E-state index in [2.05, 4.69) is 49.5 Å². The standard InChI is InChI=1S/C18H29NO/c1-14-11-17(16-8-4-3-5-9-16)13-18(12-14)19-15(2)7-6-10-20/h3-5,8-9,14-15,17-20H,6-7,10-13H2,1-2H3. The summed E-state index contributed by atoms with van der Waals surface area (Å²) in [5, 5.41) is 12.7. The Kier molecular flexibility index (Phi) is 6.06. The van der Waals surface area contributed by atoms with E-state index in [-0.39, 0.29) is 0 Å². The van der Waals surface area contributed by atoms with Gasteiger partial charge in [-0.05, 0) is 56.4 Å². The van der Waals surface area contributed by atoms with Crippen molar-refractivity contribution in [1.82, 2.24) is 5.32 Å². The Morgan fingerprint density at radius 3 is 2.65 bits per heavy atom. The van der Waals surface area contributed by atoms with Gasteiger partial charge in [0.2, 0.25) is 0 Å². The van der Waals surface area contributed by atoms with Crippen molar-refractivity contribution in [3.05, 3.63) is 35.9 Å². The van der Waals surface area contributed by atoms with Gasteiger partial charge in [-0.2, -0.15) is 0 Å². The summed E-state index contributed by atoms with van der Waals surface area (Å²) < 4.78 is 0. The molecule has 1 aromatic rings. The molecule has 1 aliphatic carbocycles. The van der Waals surface area contributed by atoms with Crippen molar-refractivity contribution in [2.45, 2.75) is 64.0 Å². The fourth-order valence-electron chi connectivity index (χ4n) is 3.62. The molecule has 0 aromatic heterocycles. The van der Waals surface area contributed by atoms with E-state index >= 15 is 0 Å². The van der Waals surface area contributed by atoms with E-state index in [0.717, 1.165) is 18.8 Å². The molecular formula is C18H29NO. The maximum absolute atomic E-state index is 8.93. The molecule has 20 heavy (non-hydrogen) atoms. The van der Waals surface area contributed by atoms with Crippen molar-refractivity contribution < 1.29 is 5.11 Å². The van der Waals surface area contributed by atoms with Gasteiger partial charge in [-0.1, -0.05) is 37.3 Å². The molecule has 2 N–H and O–H groups in total. The van der Waals surface area contributed by atoms with Crippen LogP contribution < -0.4 is 5.32 Å². The monoisotopic (exact) mass is 275 g/mol. The molecule has 4 atom stereocenters. The van der Waals surface area contributed by atoms with Crippen molar-refractivity contribution in [1.29, 1.82) is 0 Å². The van der Waals surface area contributed by atoms with E-state index in [1.54, 1.807) is 0 Å². The number of rotatable bonds is 6. The van der Waals surface area contributed by atoms with Crippen LogP contribution >= 0.6 is 0 Å². The lowest BCUT2D eigenvalue weighted by Gasteiger charge is -2.35. The summed E-state index contributed by atoms with van der Waals surface area (Å²) in [5.41, 5.74) is 1.49. The van der Waals surface area contributed by atoms with Crippen LogP contribution in [0.15, 0.2) is 30.3 Å². The smallest absolute Gasteiger partial charge is 0.0431 e. The number of nitrogens with one attached hydrogen (secondary N) is 1. The van der Waals surface area contributed by atoms with Crippen LogP contribution in [0.5, 0.6) is 0 Å². The first-order valence-corrected chi connectivity index (χ1v) is 8.11. The molecule has 0 heterocycles. The van der Waals surface area contributed by atoms with Crippen LogP contribution in [-0.2, 0) is 0 Å². The van der Waals surface area contributed by atoms with Gasteiger partial charge in [-0.3, -0.25) is 0 Å². The average molecular weight is 275 g/mol. The van der Waals surface area contributed by atoms with Gasteiger partial charge in [0.15, 0.2) is 0 Å². The van der Waals surface area contributed by atoms with Crippen molar-refractivity contribution in [2.24, 2.45) is 5.92 Å². The Bertz CT molecular complexity index is 378. The van der Waals surface area contributed by atoms with E-state index in [1.807, 2.05) is 0 Å². The minimum absolute atomic E-state index is 0.305. The zero-order valence-electron chi connectivity index (χ0n) is 12.9. The maximum atomic E-state index is 8.93. The summed E-state index contributed by atoms with van der Waals surface area (Å²) in [6.45, 7) is 4.92. The van der Waals surface area contributed by atoms with E-state index in [9.17, 15) is 0 Å². The maximum Gasteiger partial charge on any atom is 0.0431 e. The molecule has 1 fully saturated rings. The molecular weight excluding hydrogens is 246 g/mol. The van der Waals surface area contributed by atoms with Crippen LogP contribution in [0.1, 0.15) is 57.4 Å². The Hall–Kier alpha value is -0.860. The van der Waals surface area contributed by atoms with Crippen molar-refractivity contribution in [2.75, 3.05) is 6.61 Å². The van der Waals surface area contributed by atoms with E-state index in [4.69, 9.17) is 5.11 Å². The Labute approximate surface area is 123 Å². The highest BCUT2D eigenvalue weighted by Crippen LogP contribution is 2.36. The number of hydrogen-bond acceptors (Lipinski definition) is 2. The molecule has 1 aliphatic rings. The molecule has 2 heteroatoms. The van der Waals surface area contributed by atoms with Crippen LogP contribution in [0.4, 0.5) is 0 Å². The molecule has 0 amide bonds. The Morgan fingerprint density at radius 2 is 1.95 bits per heavy atom. The van der Waals surface area contributed by atoms with Crippen LogP contribution in [-0.4, -0.2) is 23.8 Å². The van der Waals surface area contributed by atoms with Gasteiger partial charge in [0.25, 0.3) is 0 Å².